The number of hydrogen-bond donors (Lipinski definition) is 1. The molecule has 0 unspecified atom stereocenters. The zero-order chi connectivity index (χ0) is 18.1. The van der Waals surface area contributed by atoms with Gasteiger partial charge < -0.3 is 5.32 Å². The number of carbonyl (C=O) groups excluding carboxylic acids is 1. The summed E-state index contributed by atoms with van der Waals surface area (Å²) in [7, 11) is 0. The molecule has 4 nitrogen and oxygen atoms in total. The van der Waals surface area contributed by atoms with Gasteiger partial charge in [-0.2, -0.15) is 0 Å². The van der Waals surface area contributed by atoms with Crippen LogP contribution in [0.15, 0.2) is 11.1 Å². The topological polar surface area (TPSA) is 54.9 Å². The first-order valence-electron chi connectivity index (χ1n) is 9.66. The number of thioether (sulfide) groups is 1. The van der Waals surface area contributed by atoms with Crippen LogP contribution in [0.1, 0.15) is 70.8 Å². The van der Waals surface area contributed by atoms with E-state index in [4.69, 9.17) is 0 Å². The van der Waals surface area contributed by atoms with Gasteiger partial charge in [-0.3, -0.25) is 4.79 Å². The summed E-state index contributed by atoms with van der Waals surface area (Å²) in [6.45, 7) is 10.3. The van der Waals surface area contributed by atoms with Gasteiger partial charge in [0.1, 0.15) is 10.9 Å². The predicted octanol–water partition coefficient (Wildman–Crippen LogP) is 4.33. The molecule has 138 valence electrons. The van der Waals surface area contributed by atoms with Gasteiger partial charge in [-0.05, 0) is 63.9 Å². The number of aryl methyl sites for hydroxylation is 1. The van der Waals surface area contributed by atoms with E-state index in [0.717, 1.165) is 28.4 Å². The summed E-state index contributed by atoms with van der Waals surface area (Å²) < 4.78 is 0. The summed E-state index contributed by atoms with van der Waals surface area (Å²) in [4.78, 5) is 21.7. The van der Waals surface area contributed by atoms with Crippen LogP contribution in [0.2, 0.25) is 0 Å². The Labute approximate surface area is 156 Å². The third kappa shape index (κ3) is 4.36. The molecule has 2 saturated carbocycles. The Morgan fingerprint density at radius 3 is 2.56 bits per heavy atom. The molecule has 2 bridgehead atoms. The van der Waals surface area contributed by atoms with Gasteiger partial charge in [0, 0.05) is 17.7 Å². The predicted molar refractivity (Wildman–Crippen MR) is 103 cm³/mol. The molecule has 5 heteroatoms. The number of amides is 1. The Bertz CT molecular complexity index is 633. The van der Waals surface area contributed by atoms with Crippen LogP contribution in [-0.4, -0.2) is 27.2 Å². The van der Waals surface area contributed by atoms with Crippen molar-refractivity contribution in [1.29, 1.82) is 0 Å². The Hall–Kier alpha value is -1.10. The molecule has 2 aliphatic carbocycles. The highest BCUT2D eigenvalue weighted by Crippen LogP contribution is 2.49. The first-order valence-corrected chi connectivity index (χ1v) is 10.5. The van der Waals surface area contributed by atoms with Crippen LogP contribution in [0.5, 0.6) is 0 Å². The molecular formula is C20H31N3OS. The monoisotopic (exact) mass is 361 g/mol. The maximum Gasteiger partial charge on any atom is 0.233 e. The van der Waals surface area contributed by atoms with Crippen LogP contribution in [0.3, 0.4) is 0 Å². The lowest BCUT2D eigenvalue weighted by molar-refractivity contribution is -0.121. The van der Waals surface area contributed by atoms with Crippen molar-refractivity contribution in [2.24, 2.45) is 17.8 Å². The van der Waals surface area contributed by atoms with Gasteiger partial charge in [0.2, 0.25) is 5.91 Å². The van der Waals surface area contributed by atoms with Crippen LogP contribution in [0.25, 0.3) is 0 Å². The number of aromatic nitrogens is 2. The van der Waals surface area contributed by atoms with Gasteiger partial charge in [0.25, 0.3) is 0 Å². The molecule has 0 spiro atoms. The van der Waals surface area contributed by atoms with E-state index in [1.165, 1.54) is 37.4 Å². The maximum absolute atomic E-state index is 12.6. The molecular weight excluding hydrogens is 330 g/mol. The van der Waals surface area contributed by atoms with Gasteiger partial charge in [0.15, 0.2) is 0 Å². The minimum Gasteiger partial charge on any atom is -0.352 e. The average molecular weight is 362 g/mol. The molecule has 2 fully saturated rings. The van der Waals surface area contributed by atoms with Crippen LogP contribution < -0.4 is 5.32 Å². The second-order valence-electron chi connectivity index (χ2n) is 8.26. The van der Waals surface area contributed by atoms with Gasteiger partial charge in [0.05, 0.1) is 5.25 Å². The maximum atomic E-state index is 12.6. The minimum absolute atomic E-state index is 0.127. The summed E-state index contributed by atoms with van der Waals surface area (Å²) in [6.07, 6.45) is 5.45. The lowest BCUT2D eigenvalue weighted by Crippen LogP contribution is -2.43. The number of fused-ring (bicyclic) bond motifs is 2. The zero-order valence-electron chi connectivity index (χ0n) is 16.1. The molecule has 0 radical (unpaired) electrons. The standard InChI is InChI=1S/C20H31N3OS/c1-11(2)19-21-12(3)8-18(23-19)25-14(5)20(24)22-13(4)17-10-15-6-7-16(17)9-15/h8,11,13-17H,6-7,9-10H2,1-5H3,(H,22,24)/t13-,14+,15-,16-,17-/m0/s1. The quantitative estimate of drug-likeness (QED) is 0.605. The van der Waals surface area contributed by atoms with Gasteiger partial charge in [-0.25, -0.2) is 9.97 Å². The molecule has 1 N–H and O–H groups in total. The third-order valence-electron chi connectivity index (χ3n) is 5.84. The molecule has 0 saturated heterocycles. The van der Waals surface area contributed by atoms with E-state index >= 15 is 0 Å². The Balaban J connectivity index is 1.57. The second kappa shape index (κ2) is 7.65. The van der Waals surface area contributed by atoms with Crippen LogP contribution >= 0.6 is 11.8 Å². The van der Waals surface area contributed by atoms with E-state index in [1.54, 1.807) is 0 Å². The SMILES string of the molecule is Cc1cc(S[C@H](C)C(=O)N[C@@H](C)[C@@H]2C[C@H]3CC[C@H]2C3)nc(C(C)C)n1. The van der Waals surface area contributed by atoms with Crippen molar-refractivity contribution in [2.45, 2.75) is 82.5 Å². The molecule has 5 atom stereocenters. The van der Waals surface area contributed by atoms with E-state index in [-0.39, 0.29) is 17.2 Å². The van der Waals surface area contributed by atoms with Crippen molar-refractivity contribution >= 4 is 17.7 Å². The number of carbonyl (C=O) groups is 1. The highest BCUT2D eigenvalue weighted by Gasteiger charge is 2.42. The Morgan fingerprint density at radius 1 is 1.20 bits per heavy atom. The van der Waals surface area contributed by atoms with E-state index in [2.05, 4.69) is 36.1 Å². The smallest absolute Gasteiger partial charge is 0.233 e. The van der Waals surface area contributed by atoms with E-state index in [1.807, 2.05) is 19.9 Å². The molecule has 0 aromatic carbocycles. The van der Waals surface area contributed by atoms with Crippen LogP contribution in [0.4, 0.5) is 0 Å². The largest absolute Gasteiger partial charge is 0.352 e. The van der Waals surface area contributed by atoms with Crippen molar-refractivity contribution < 1.29 is 4.79 Å². The summed E-state index contributed by atoms with van der Waals surface area (Å²) in [5, 5.41) is 4.03. The molecule has 1 aromatic heterocycles. The summed E-state index contributed by atoms with van der Waals surface area (Å²) >= 11 is 1.53. The fourth-order valence-corrected chi connectivity index (χ4v) is 5.39. The van der Waals surface area contributed by atoms with Crippen molar-refractivity contribution in [3.05, 3.63) is 17.6 Å². The zero-order valence-corrected chi connectivity index (χ0v) is 16.9. The molecule has 3 rings (SSSR count). The minimum atomic E-state index is -0.143. The fraction of sp³-hybridized carbons (Fsp3) is 0.750. The molecule has 1 amide bonds. The number of hydrogen-bond acceptors (Lipinski definition) is 4. The molecule has 1 aromatic rings. The molecule has 0 aliphatic heterocycles. The lowest BCUT2D eigenvalue weighted by Gasteiger charge is -2.29. The van der Waals surface area contributed by atoms with Crippen LogP contribution in [0, 0.1) is 24.7 Å². The number of rotatable bonds is 6. The molecule has 1 heterocycles. The first kappa shape index (κ1) is 18.7. The normalized spacial score (nSPS) is 27.5. The van der Waals surface area contributed by atoms with E-state index in [9.17, 15) is 4.79 Å². The lowest BCUT2D eigenvalue weighted by atomic mass is 9.84. The summed E-state index contributed by atoms with van der Waals surface area (Å²) in [6, 6.07) is 2.25. The Morgan fingerprint density at radius 2 is 1.96 bits per heavy atom. The third-order valence-corrected chi connectivity index (χ3v) is 6.85. The highest BCUT2D eigenvalue weighted by atomic mass is 32.2. The van der Waals surface area contributed by atoms with Gasteiger partial charge in [-0.1, -0.05) is 32.0 Å². The fourth-order valence-electron chi connectivity index (χ4n) is 4.47. The van der Waals surface area contributed by atoms with E-state index in [0.29, 0.717) is 11.8 Å². The summed E-state index contributed by atoms with van der Waals surface area (Å²) in [5.41, 5.74) is 0.962. The first-order chi connectivity index (χ1) is 11.8. The van der Waals surface area contributed by atoms with Gasteiger partial charge >= 0.3 is 0 Å². The Kier molecular flexibility index (Phi) is 5.71. The second-order valence-corrected chi connectivity index (χ2v) is 9.62. The van der Waals surface area contributed by atoms with Crippen molar-refractivity contribution in [1.82, 2.24) is 15.3 Å². The van der Waals surface area contributed by atoms with Crippen LogP contribution in [-0.2, 0) is 4.79 Å². The van der Waals surface area contributed by atoms with E-state index < -0.39 is 0 Å². The number of nitrogens with zero attached hydrogens (tertiary/aromatic N) is 2. The van der Waals surface area contributed by atoms with Crippen molar-refractivity contribution in [2.75, 3.05) is 0 Å². The average Bonchev–Trinajstić information content (AvgIpc) is 3.17. The van der Waals surface area contributed by atoms with Crippen molar-refractivity contribution in [3.8, 4) is 0 Å². The highest BCUT2D eigenvalue weighted by molar-refractivity contribution is 8.00. The summed E-state index contributed by atoms with van der Waals surface area (Å²) in [5.74, 6) is 3.70. The molecule has 2 aliphatic rings. The number of nitrogens with one attached hydrogen (secondary N) is 1. The van der Waals surface area contributed by atoms with Crippen molar-refractivity contribution in [3.63, 3.8) is 0 Å². The molecule has 25 heavy (non-hydrogen) atoms. The van der Waals surface area contributed by atoms with Gasteiger partial charge in [-0.15, -0.1) is 0 Å².